The van der Waals surface area contributed by atoms with E-state index < -0.39 is 18.2 Å². The third-order valence-electron chi connectivity index (χ3n) is 12.7. The third kappa shape index (κ3) is 43.3. The van der Waals surface area contributed by atoms with Crippen molar-refractivity contribution in [3.05, 3.63) is 0 Å². The van der Waals surface area contributed by atoms with Crippen molar-refractivity contribution < 1.29 is 24.5 Å². The molecular weight excluding hydrogens is 731 g/mol. The lowest BCUT2D eigenvalue weighted by Crippen LogP contribution is -2.46. The zero-order valence-electron chi connectivity index (χ0n) is 40.2. The maximum atomic E-state index is 13.2. The fourth-order valence-corrected chi connectivity index (χ4v) is 8.61. The quantitative estimate of drug-likeness (QED) is 0.0419. The molecule has 0 rings (SSSR count). The molecular formula is C53H105NO5. The van der Waals surface area contributed by atoms with Crippen LogP contribution in [0.25, 0.3) is 0 Å². The number of rotatable bonds is 49. The van der Waals surface area contributed by atoms with E-state index in [1.54, 1.807) is 0 Å². The van der Waals surface area contributed by atoms with Crippen LogP contribution in [0.15, 0.2) is 0 Å². The van der Waals surface area contributed by atoms with Crippen LogP contribution in [-0.4, -0.2) is 46.9 Å². The van der Waals surface area contributed by atoms with Crippen LogP contribution in [0, 0.1) is 0 Å². The van der Waals surface area contributed by atoms with Gasteiger partial charge in [-0.05, 0) is 25.7 Å². The number of hydrogen-bond donors (Lipinski definition) is 3. The molecule has 59 heavy (non-hydrogen) atoms. The predicted octanol–water partition coefficient (Wildman–Crippen LogP) is 16.0. The molecule has 0 bridgehead atoms. The number of hydrogen-bond acceptors (Lipinski definition) is 5. The second-order valence-electron chi connectivity index (χ2n) is 18.6. The topological polar surface area (TPSA) is 95.9 Å². The number of carbonyl (C=O) groups excluding carboxylic acids is 2. The summed E-state index contributed by atoms with van der Waals surface area (Å²) < 4.78 is 5.94. The first kappa shape index (κ1) is 57.9. The van der Waals surface area contributed by atoms with E-state index in [-0.39, 0.29) is 24.9 Å². The first-order chi connectivity index (χ1) is 29.0. The summed E-state index contributed by atoms with van der Waals surface area (Å²) in [5.41, 5.74) is 0. The van der Waals surface area contributed by atoms with Crippen molar-refractivity contribution in [1.29, 1.82) is 0 Å². The Hall–Kier alpha value is -1.14. The molecule has 3 atom stereocenters. The molecule has 0 aliphatic carbocycles. The highest BCUT2D eigenvalue weighted by Crippen LogP contribution is 2.19. The van der Waals surface area contributed by atoms with Crippen molar-refractivity contribution in [2.24, 2.45) is 0 Å². The van der Waals surface area contributed by atoms with E-state index in [1.165, 1.54) is 212 Å². The SMILES string of the molecule is CCCCCCCCCCCCCCCCC(CC(=O)NC(CO)C(O)CCCCCCCCCCCCCCCC)OC(=O)CCCCCCCCCCCCCC. The fraction of sp³-hybridized carbons (Fsp3) is 0.962. The minimum atomic E-state index is -0.779. The molecule has 0 spiro atoms. The van der Waals surface area contributed by atoms with Crippen molar-refractivity contribution in [1.82, 2.24) is 5.32 Å². The summed E-state index contributed by atoms with van der Waals surface area (Å²) in [4.78, 5) is 26.1. The van der Waals surface area contributed by atoms with Crippen molar-refractivity contribution in [2.45, 2.75) is 322 Å². The lowest BCUT2D eigenvalue weighted by atomic mass is 10.0. The fourth-order valence-electron chi connectivity index (χ4n) is 8.61. The Morgan fingerprint density at radius 3 is 1.03 bits per heavy atom. The molecule has 0 heterocycles. The molecule has 0 aromatic heterocycles. The summed E-state index contributed by atoms with van der Waals surface area (Å²) in [5.74, 6) is -0.450. The van der Waals surface area contributed by atoms with Crippen LogP contribution in [0.1, 0.15) is 303 Å². The van der Waals surface area contributed by atoms with Gasteiger partial charge >= 0.3 is 5.97 Å². The first-order valence-corrected chi connectivity index (χ1v) is 26.8. The van der Waals surface area contributed by atoms with Gasteiger partial charge in [0.15, 0.2) is 0 Å². The Kier molecular flexibility index (Phi) is 47.0. The normalized spacial score (nSPS) is 13.1. The maximum absolute atomic E-state index is 13.2. The number of nitrogens with one attached hydrogen (secondary N) is 1. The lowest BCUT2D eigenvalue weighted by molar-refractivity contribution is -0.151. The largest absolute Gasteiger partial charge is 0.462 e. The molecule has 0 saturated carbocycles. The summed E-state index contributed by atoms with van der Waals surface area (Å²) in [6.45, 7) is 6.52. The zero-order valence-corrected chi connectivity index (χ0v) is 40.2. The van der Waals surface area contributed by atoms with Crippen LogP contribution >= 0.6 is 0 Å². The second-order valence-corrected chi connectivity index (χ2v) is 18.6. The van der Waals surface area contributed by atoms with Crippen molar-refractivity contribution in [2.75, 3.05) is 6.61 Å². The molecule has 1 amide bonds. The van der Waals surface area contributed by atoms with E-state index in [0.29, 0.717) is 19.3 Å². The van der Waals surface area contributed by atoms with Gasteiger partial charge in [0, 0.05) is 6.42 Å². The van der Waals surface area contributed by atoms with Crippen LogP contribution in [0.5, 0.6) is 0 Å². The molecule has 0 aromatic carbocycles. The number of unbranched alkanes of at least 4 members (excludes halogenated alkanes) is 37. The van der Waals surface area contributed by atoms with E-state index in [1.807, 2.05) is 0 Å². The molecule has 3 unspecified atom stereocenters. The second kappa shape index (κ2) is 47.9. The smallest absolute Gasteiger partial charge is 0.306 e. The Labute approximate surface area is 368 Å². The molecule has 0 aliphatic heterocycles. The number of amides is 1. The molecule has 0 aliphatic rings. The summed E-state index contributed by atoms with van der Waals surface area (Å²) in [7, 11) is 0. The minimum absolute atomic E-state index is 0.0880. The molecule has 3 N–H and O–H groups in total. The molecule has 0 aromatic rings. The van der Waals surface area contributed by atoms with E-state index in [0.717, 1.165) is 44.9 Å². The first-order valence-electron chi connectivity index (χ1n) is 26.8. The molecule has 352 valence electrons. The zero-order chi connectivity index (χ0) is 43.1. The number of ether oxygens (including phenoxy) is 1. The number of aliphatic hydroxyl groups is 2. The Bertz CT molecular complexity index is 852. The van der Waals surface area contributed by atoms with Crippen molar-refractivity contribution in [3.8, 4) is 0 Å². The van der Waals surface area contributed by atoms with E-state index in [4.69, 9.17) is 4.74 Å². The lowest BCUT2D eigenvalue weighted by Gasteiger charge is -2.24. The van der Waals surface area contributed by atoms with Gasteiger partial charge in [-0.1, -0.05) is 265 Å². The van der Waals surface area contributed by atoms with Gasteiger partial charge in [-0.25, -0.2) is 0 Å². The van der Waals surface area contributed by atoms with Gasteiger partial charge in [-0.3, -0.25) is 9.59 Å². The van der Waals surface area contributed by atoms with Crippen LogP contribution in [0.3, 0.4) is 0 Å². The summed E-state index contributed by atoms with van der Waals surface area (Å²) in [5, 5.41) is 23.8. The average molecular weight is 836 g/mol. The monoisotopic (exact) mass is 836 g/mol. The Morgan fingerprint density at radius 2 is 0.712 bits per heavy atom. The standard InChI is InChI=1S/C53H105NO5/c1-4-7-10-13-16-19-22-25-27-29-32-35-38-41-44-49(59-53(58)46-43-40-37-34-31-24-21-18-15-12-9-6-3)47-52(57)54-50(48-55)51(56)45-42-39-36-33-30-28-26-23-20-17-14-11-8-5-2/h49-51,55-56H,4-48H2,1-3H3,(H,54,57). The number of aliphatic hydroxyl groups excluding tert-OH is 2. The van der Waals surface area contributed by atoms with Gasteiger partial charge in [0.1, 0.15) is 6.10 Å². The van der Waals surface area contributed by atoms with Gasteiger partial charge in [0.25, 0.3) is 0 Å². The highest BCUT2D eigenvalue weighted by Gasteiger charge is 2.24. The van der Waals surface area contributed by atoms with Crippen LogP contribution in [0.2, 0.25) is 0 Å². The maximum Gasteiger partial charge on any atom is 0.306 e. The van der Waals surface area contributed by atoms with Gasteiger partial charge < -0.3 is 20.3 Å². The summed E-state index contributed by atoms with van der Waals surface area (Å²) in [6, 6.07) is -0.692. The molecule has 6 heteroatoms. The van der Waals surface area contributed by atoms with Gasteiger partial charge in [0.05, 0.1) is 25.2 Å². The third-order valence-corrected chi connectivity index (χ3v) is 12.7. The summed E-state index contributed by atoms with van der Waals surface area (Å²) in [6.07, 6.45) is 51.6. The summed E-state index contributed by atoms with van der Waals surface area (Å²) >= 11 is 0. The highest BCUT2D eigenvalue weighted by atomic mass is 16.5. The van der Waals surface area contributed by atoms with Gasteiger partial charge in [0.2, 0.25) is 5.91 Å². The predicted molar refractivity (Wildman–Crippen MR) is 255 cm³/mol. The van der Waals surface area contributed by atoms with Crippen LogP contribution in [0.4, 0.5) is 0 Å². The Balaban J connectivity index is 4.50. The molecule has 0 fully saturated rings. The van der Waals surface area contributed by atoms with E-state index in [9.17, 15) is 19.8 Å². The average Bonchev–Trinajstić information content (AvgIpc) is 3.23. The molecule has 6 nitrogen and oxygen atoms in total. The van der Waals surface area contributed by atoms with E-state index in [2.05, 4.69) is 26.1 Å². The Morgan fingerprint density at radius 1 is 0.424 bits per heavy atom. The molecule has 0 radical (unpaired) electrons. The number of carbonyl (C=O) groups is 2. The minimum Gasteiger partial charge on any atom is -0.462 e. The van der Waals surface area contributed by atoms with Crippen molar-refractivity contribution in [3.63, 3.8) is 0 Å². The molecule has 0 saturated heterocycles. The van der Waals surface area contributed by atoms with Crippen LogP contribution < -0.4 is 5.32 Å². The van der Waals surface area contributed by atoms with Crippen LogP contribution in [-0.2, 0) is 14.3 Å². The van der Waals surface area contributed by atoms with E-state index >= 15 is 0 Å². The van der Waals surface area contributed by atoms with Gasteiger partial charge in [-0.2, -0.15) is 0 Å². The van der Waals surface area contributed by atoms with Gasteiger partial charge in [-0.15, -0.1) is 0 Å². The van der Waals surface area contributed by atoms with Crippen molar-refractivity contribution >= 4 is 11.9 Å². The number of esters is 1. The highest BCUT2D eigenvalue weighted by molar-refractivity contribution is 5.77.